The van der Waals surface area contributed by atoms with Crippen molar-refractivity contribution in [3.05, 3.63) is 29.3 Å². The van der Waals surface area contributed by atoms with E-state index in [1.165, 1.54) is 75.3 Å². The number of aryl methyl sites for hydroxylation is 2. The van der Waals surface area contributed by atoms with E-state index in [4.69, 9.17) is 4.74 Å². The largest absolute Gasteiger partial charge is 0.492 e. The lowest BCUT2D eigenvalue weighted by Crippen LogP contribution is -2.26. The highest BCUT2D eigenvalue weighted by molar-refractivity contribution is 7.86. The summed E-state index contributed by atoms with van der Waals surface area (Å²) in [4.78, 5) is 0. The molecule has 0 aliphatic rings. The minimum atomic E-state index is -4.08. The van der Waals surface area contributed by atoms with E-state index < -0.39 is 15.4 Å². The Bertz CT molecular complexity index is 623. The predicted octanol–water partition coefficient (Wildman–Crippen LogP) is 6.76. The van der Waals surface area contributed by atoms with Crippen molar-refractivity contribution in [2.75, 3.05) is 6.61 Å². The van der Waals surface area contributed by atoms with Crippen LogP contribution < -0.4 is 4.74 Å². The van der Waals surface area contributed by atoms with E-state index >= 15 is 0 Å². The molecule has 0 spiro atoms. The Morgan fingerprint density at radius 3 is 1.69 bits per heavy atom. The molecule has 5 heteroatoms. The Kier molecular flexibility index (Phi) is 13.3. The minimum Gasteiger partial charge on any atom is -0.492 e. The van der Waals surface area contributed by atoms with Crippen molar-refractivity contribution >= 4 is 10.1 Å². The molecule has 1 unspecified atom stereocenters. The number of benzene rings is 1. The number of unbranched alkanes of at least 4 members (excludes halogenated alkanes) is 8. The van der Waals surface area contributed by atoms with Gasteiger partial charge < -0.3 is 4.74 Å². The first-order valence-electron chi connectivity index (χ1n) is 11.6. The van der Waals surface area contributed by atoms with Crippen LogP contribution in [0.25, 0.3) is 0 Å². The number of hydrogen-bond acceptors (Lipinski definition) is 3. The Balaban J connectivity index is 2.74. The van der Waals surface area contributed by atoms with Crippen LogP contribution >= 0.6 is 0 Å². The maximum atomic E-state index is 11.4. The van der Waals surface area contributed by atoms with E-state index in [9.17, 15) is 13.0 Å². The van der Waals surface area contributed by atoms with Crippen molar-refractivity contribution in [2.45, 2.75) is 109 Å². The first kappa shape index (κ1) is 26.0. The van der Waals surface area contributed by atoms with Crippen LogP contribution in [0.1, 0.15) is 103 Å². The summed E-state index contributed by atoms with van der Waals surface area (Å²) in [6, 6.07) is 6.36. The fourth-order valence-electron chi connectivity index (χ4n) is 3.57. The van der Waals surface area contributed by atoms with E-state index in [-0.39, 0.29) is 6.61 Å². The van der Waals surface area contributed by atoms with Crippen LogP contribution in [-0.2, 0) is 23.0 Å². The average Bonchev–Trinajstić information content (AvgIpc) is 2.67. The maximum Gasteiger partial charge on any atom is 0.271 e. The summed E-state index contributed by atoms with van der Waals surface area (Å²) in [5, 5.41) is -0.877. The smallest absolute Gasteiger partial charge is 0.271 e. The zero-order valence-corrected chi connectivity index (χ0v) is 19.6. The van der Waals surface area contributed by atoms with Gasteiger partial charge in [-0.25, -0.2) is 0 Å². The summed E-state index contributed by atoms with van der Waals surface area (Å²) in [6.45, 7) is 6.19. The molecule has 0 aliphatic carbocycles. The molecule has 0 fully saturated rings. The summed E-state index contributed by atoms with van der Waals surface area (Å²) in [7, 11) is -4.08. The Morgan fingerprint density at radius 1 is 0.793 bits per heavy atom. The SMILES string of the molecule is CCCCCCCc1cc(CCCCCCC)cc(OCC(CC)S(=O)(=O)O)c1. The highest BCUT2D eigenvalue weighted by Crippen LogP contribution is 2.22. The highest BCUT2D eigenvalue weighted by Gasteiger charge is 2.21. The van der Waals surface area contributed by atoms with Crippen molar-refractivity contribution in [1.82, 2.24) is 0 Å². The van der Waals surface area contributed by atoms with Gasteiger partial charge >= 0.3 is 0 Å². The summed E-state index contributed by atoms with van der Waals surface area (Å²) in [5.74, 6) is 0.724. The van der Waals surface area contributed by atoms with Gasteiger partial charge in [0.05, 0.1) is 0 Å². The van der Waals surface area contributed by atoms with Crippen molar-refractivity contribution < 1.29 is 17.7 Å². The van der Waals surface area contributed by atoms with Crippen LogP contribution in [0.2, 0.25) is 0 Å². The molecule has 0 heterocycles. The van der Waals surface area contributed by atoms with Crippen molar-refractivity contribution in [1.29, 1.82) is 0 Å². The molecule has 0 amide bonds. The van der Waals surface area contributed by atoms with E-state index in [2.05, 4.69) is 19.9 Å². The second-order valence-corrected chi connectivity index (χ2v) is 9.87. The number of rotatable bonds is 17. The molecule has 1 aromatic carbocycles. The topological polar surface area (TPSA) is 63.6 Å². The highest BCUT2D eigenvalue weighted by atomic mass is 32.2. The summed E-state index contributed by atoms with van der Waals surface area (Å²) in [6.07, 6.45) is 14.9. The number of hydrogen-bond donors (Lipinski definition) is 1. The van der Waals surface area contributed by atoms with Crippen molar-refractivity contribution in [3.8, 4) is 5.75 Å². The summed E-state index contributed by atoms with van der Waals surface area (Å²) >= 11 is 0. The monoisotopic (exact) mass is 426 g/mol. The molecule has 1 aromatic rings. The van der Waals surface area contributed by atoms with Crippen LogP contribution in [0.3, 0.4) is 0 Å². The quantitative estimate of drug-likeness (QED) is 0.221. The lowest BCUT2D eigenvalue weighted by Gasteiger charge is -2.15. The first-order chi connectivity index (χ1) is 13.9. The first-order valence-corrected chi connectivity index (χ1v) is 13.1. The second kappa shape index (κ2) is 14.8. The molecule has 4 nitrogen and oxygen atoms in total. The summed E-state index contributed by atoms with van der Waals surface area (Å²) in [5.41, 5.74) is 2.53. The third kappa shape index (κ3) is 11.6. The molecule has 0 aromatic heterocycles. The molecule has 1 N–H and O–H groups in total. The van der Waals surface area contributed by atoms with E-state index in [1.54, 1.807) is 6.92 Å². The molecular formula is C24H42O4S. The van der Waals surface area contributed by atoms with Gasteiger partial charge in [0.15, 0.2) is 0 Å². The van der Waals surface area contributed by atoms with Gasteiger partial charge in [0.2, 0.25) is 0 Å². The third-order valence-corrected chi connectivity index (χ3v) is 6.79. The molecule has 1 rings (SSSR count). The predicted molar refractivity (Wildman–Crippen MR) is 122 cm³/mol. The van der Waals surface area contributed by atoms with Gasteiger partial charge in [-0.15, -0.1) is 0 Å². The molecule has 0 radical (unpaired) electrons. The molecular weight excluding hydrogens is 384 g/mol. The van der Waals surface area contributed by atoms with Gasteiger partial charge in [-0.3, -0.25) is 4.55 Å². The number of ether oxygens (including phenoxy) is 1. The van der Waals surface area contributed by atoms with Crippen LogP contribution in [0.4, 0.5) is 0 Å². The van der Waals surface area contributed by atoms with E-state index in [0.717, 1.165) is 18.6 Å². The van der Waals surface area contributed by atoms with Crippen LogP contribution in [0.15, 0.2) is 18.2 Å². The van der Waals surface area contributed by atoms with Gasteiger partial charge in [0.1, 0.15) is 17.6 Å². The van der Waals surface area contributed by atoms with Crippen LogP contribution in [0.5, 0.6) is 5.75 Å². The minimum absolute atomic E-state index is 0.00870. The molecule has 0 saturated heterocycles. The fourth-order valence-corrected chi connectivity index (χ4v) is 4.23. The maximum absolute atomic E-state index is 11.4. The van der Waals surface area contributed by atoms with Gasteiger partial charge in [0.25, 0.3) is 10.1 Å². The molecule has 0 aliphatic heterocycles. The molecule has 168 valence electrons. The Morgan fingerprint density at radius 2 is 1.28 bits per heavy atom. The van der Waals surface area contributed by atoms with Gasteiger partial charge in [0, 0.05) is 0 Å². The Hall–Kier alpha value is -1.07. The van der Waals surface area contributed by atoms with Gasteiger partial charge in [-0.1, -0.05) is 78.2 Å². The second-order valence-electron chi connectivity index (χ2n) is 8.17. The Labute approximate surface area is 179 Å². The fraction of sp³-hybridized carbons (Fsp3) is 0.750. The third-order valence-electron chi connectivity index (χ3n) is 5.48. The molecule has 0 saturated carbocycles. The van der Waals surface area contributed by atoms with Crippen molar-refractivity contribution in [2.24, 2.45) is 0 Å². The van der Waals surface area contributed by atoms with Gasteiger partial charge in [-0.05, 0) is 55.4 Å². The normalized spacial score (nSPS) is 12.8. The van der Waals surface area contributed by atoms with Gasteiger partial charge in [-0.2, -0.15) is 8.42 Å². The molecule has 0 bridgehead atoms. The lowest BCUT2D eigenvalue weighted by molar-refractivity contribution is 0.301. The average molecular weight is 427 g/mol. The zero-order valence-electron chi connectivity index (χ0n) is 18.8. The molecule has 29 heavy (non-hydrogen) atoms. The van der Waals surface area contributed by atoms with Crippen LogP contribution in [-0.4, -0.2) is 24.8 Å². The van der Waals surface area contributed by atoms with Crippen LogP contribution in [0, 0.1) is 0 Å². The molecule has 1 atom stereocenters. The zero-order chi connectivity index (χ0) is 21.5. The lowest BCUT2D eigenvalue weighted by atomic mass is 9.99. The van der Waals surface area contributed by atoms with E-state index in [0.29, 0.717) is 6.42 Å². The van der Waals surface area contributed by atoms with Crippen molar-refractivity contribution in [3.63, 3.8) is 0 Å². The standard InChI is InChI=1S/C24H42O4S/c1-4-7-9-11-13-15-21-17-22(16-14-12-10-8-5-2)19-23(18-21)28-20-24(6-3)29(25,26)27/h17-19,24H,4-16,20H2,1-3H3,(H,25,26,27). The van der Waals surface area contributed by atoms with E-state index in [1.807, 2.05) is 12.1 Å². The summed E-state index contributed by atoms with van der Waals surface area (Å²) < 4.78 is 38.0.